The topological polar surface area (TPSA) is 115 Å². The second kappa shape index (κ2) is 7.59. The minimum atomic E-state index is -0.530. The molecule has 0 saturated heterocycles. The second-order valence-corrected chi connectivity index (χ2v) is 5.20. The average molecular weight is 349 g/mol. The van der Waals surface area contributed by atoms with Crippen LogP contribution >= 0.6 is 12.2 Å². The van der Waals surface area contributed by atoms with Crippen LogP contribution in [-0.4, -0.2) is 32.6 Å². The van der Waals surface area contributed by atoms with Crippen LogP contribution in [0.3, 0.4) is 0 Å². The SMILES string of the molecule is CCCOc1ccc(/C=N\n2c(=S)[nH]nc(C)c2=O)cc1[N+](=O)[O-]. The van der Waals surface area contributed by atoms with Gasteiger partial charge in [-0.05, 0) is 37.7 Å². The first-order valence-electron chi connectivity index (χ1n) is 7.08. The van der Waals surface area contributed by atoms with Crippen LogP contribution in [0, 0.1) is 21.8 Å². The van der Waals surface area contributed by atoms with Gasteiger partial charge in [-0.1, -0.05) is 6.92 Å². The van der Waals surface area contributed by atoms with E-state index in [1.807, 2.05) is 6.92 Å². The van der Waals surface area contributed by atoms with Gasteiger partial charge in [-0.15, -0.1) is 0 Å². The van der Waals surface area contributed by atoms with Crippen molar-refractivity contribution in [2.45, 2.75) is 20.3 Å². The van der Waals surface area contributed by atoms with E-state index in [2.05, 4.69) is 15.3 Å². The number of aromatic amines is 1. The largest absolute Gasteiger partial charge is 0.487 e. The van der Waals surface area contributed by atoms with Crippen molar-refractivity contribution in [1.29, 1.82) is 0 Å². The Labute approximate surface area is 141 Å². The van der Waals surface area contributed by atoms with Gasteiger partial charge in [0.15, 0.2) is 5.75 Å². The maximum absolute atomic E-state index is 11.9. The van der Waals surface area contributed by atoms with E-state index in [4.69, 9.17) is 17.0 Å². The number of nitro benzene ring substituents is 1. The highest BCUT2D eigenvalue weighted by atomic mass is 32.1. The zero-order chi connectivity index (χ0) is 17.7. The fourth-order valence-electron chi connectivity index (χ4n) is 1.79. The molecule has 24 heavy (non-hydrogen) atoms. The normalized spacial score (nSPS) is 10.9. The number of ether oxygens (including phenoxy) is 1. The summed E-state index contributed by atoms with van der Waals surface area (Å²) < 4.78 is 6.34. The molecule has 9 nitrogen and oxygen atoms in total. The van der Waals surface area contributed by atoms with Crippen LogP contribution in [0.15, 0.2) is 28.1 Å². The number of hydrogen-bond donors (Lipinski definition) is 1. The molecule has 0 fully saturated rings. The summed E-state index contributed by atoms with van der Waals surface area (Å²) in [4.78, 5) is 22.6. The van der Waals surface area contributed by atoms with E-state index in [-0.39, 0.29) is 21.9 Å². The van der Waals surface area contributed by atoms with Gasteiger partial charge >= 0.3 is 5.69 Å². The van der Waals surface area contributed by atoms with Gasteiger partial charge in [-0.2, -0.15) is 14.9 Å². The third-order valence-electron chi connectivity index (χ3n) is 2.98. The number of aromatic nitrogens is 3. The molecule has 0 radical (unpaired) electrons. The Bertz CT molecular complexity index is 903. The Morgan fingerprint density at radius 1 is 1.54 bits per heavy atom. The van der Waals surface area contributed by atoms with Crippen molar-refractivity contribution in [3.63, 3.8) is 0 Å². The number of nitro groups is 1. The maximum atomic E-state index is 11.9. The lowest BCUT2D eigenvalue weighted by Gasteiger charge is -2.05. The van der Waals surface area contributed by atoms with Gasteiger partial charge in [0.2, 0.25) is 4.77 Å². The van der Waals surface area contributed by atoms with Crippen LogP contribution in [0.2, 0.25) is 0 Å². The monoisotopic (exact) mass is 349 g/mol. The molecule has 1 aromatic carbocycles. The van der Waals surface area contributed by atoms with Crippen molar-refractivity contribution in [3.8, 4) is 5.75 Å². The van der Waals surface area contributed by atoms with Crippen molar-refractivity contribution in [1.82, 2.24) is 14.9 Å². The lowest BCUT2D eigenvalue weighted by atomic mass is 10.2. The molecule has 2 rings (SSSR count). The summed E-state index contributed by atoms with van der Waals surface area (Å²) in [5, 5.41) is 21.4. The Hall–Kier alpha value is -2.88. The van der Waals surface area contributed by atoms with E-state index in [1.54, 1.807) is 6.07 Å². The van der Waals surface area contributed by atoms with Crippen molar-refractivity contribution >= 4 is 24.1 Å². The molecule has 0 unspecified atom stereocenters. The minimum Gasteiger partial charge on any atom is -0.487 e. The van der Waals surface area contributed by atoms with Gasteiger partial charge in [-0.25, -0.2) is 0 Å². The smallest absolute Gasteiger partial charge is 0.311 e. The molecule has 0 aliphatic heterocycles. The summed E-state index contributed by atoms with van der Waals surface area (Å²) in [5.41, 5.74) is -0.000396. The highest BCUT2D eigenvalue weighted by Gasteiger charge is 2.15. The van der Waals surface area contributed by atoms with Crippen molar-refractivity contribution in [2.24, 2.45) is 5.10 Å². The molecule has 0 atom stereocenters. The number of benzene rings is 1. The summed E-state index contributed by atoms with van der Waals surface area (Å²) in [7, 11) is 0. The molecule has 1 heterocycles. The zero-order valence-electron chi connectivity index (χ0n) is 13.1. The molecule has 0 amide bonds. The Morgan fingerprint density at radius 2 is 2.29 bits per heavy atom. The zero-order valence-corrected chi connectivity index (χ0v) is 13.9. The number of aryl methyl sites for hydroxylation is 1. The van der Waals surface area contributed by atoms with Crippen molar-refractivity contribution in [2.75, 3.05) is 6.61 Å². The third-order valence-corrected chi connectivity index (χ3v) is 3.24. The van der Waals surface area contributed by atoms with Gasteiger partial charge < -0.3 is 4.74 Å². The van der Waals surface area contributed by atoms with Gasteiger partial charge in [0.05, 0.1) is 17.7 Å². The predicted octanol–water partition coefficient (Wildman–Crippen LogP) is 2.19. The predicted molar refractivity (Wildman–Crippen MR) is 90.3 cm³/mol. The van der Waals surface area contributed by atoms with Crippen LogP contribution in [0.5, 0.6) is 5.75 Å². The van der Waals surface area contributed by atoms with Crippen LogP contribution in [0.25, 0.3) is 0 Å². The Morgan fingerprint density at radius 3 is 2.96 bits per heavy atom. The summed E-state index contributed by atoms with van der Waals surface area (Å²) in [5.74, 6) is 0.188. The third kappa shape index (κ3) is 3.90. The van der Waals surface area contributed by atoms with Crippen LogP contribution in [0.1, 0.15) is 24.6 Å². The molecular weight excluding hydrogens is 334 g/mol. The average Bonchev–Trinajstić information content (AvgIpc) is 2.56. The number of nitrogens with zero attached hydrogens (tertiary/aromatic N) is 4. The quantitative estimate of drug-likeness (QED) is 0.370. The van der Waals surface area contributed by atoms with E-state index in [1.165, 1.54) is 25.3 Å². The highest BCUT2D eigenvalue weighted by molar-refractivity contribution is 7.71. The fourth-order valence-corrected chi connectivity index (χ4v) is 1.97. The number of rotatable bonds is 6. The maximum Gasteiger partial charge on any atom is 0.311 e. The van der Waals surface area contributed by atoms with Crippen LogP contribution in [0.4, 0.5) is 5.69 Å². The van der Waals surface area contributed by atoms with Gasteiger partial charge in [0.25, 0.3) is 5.56 Å². The molecule has 0 bridgehead atoms. The number of hydrogen-bond acceptors (Lipinski definition) is 7. The molecular formula is C14H15N5O4S. The first-order chi connectivity index (χ1) is 11.4. The molecule has 0 aliphatic carbocycles. The summed E-state index contributed by atoms with van der Waals surface area (Å²) in [6.07, 6.45) is 2.05. The van der Waals surface area contributed by atoms with E-state index in [9.17, 15) is 14.9 Å². The van der Waals surface area contributed by atoms with E-state index in [0.717, 1.165) is 11.1 Å². The minimum absolute atomic E-state index is 0.0271. The highest BCUT2D eigenvalue weighted by Crippen LogP contribution is 2.27. The van der Waals surface area contributed by atoms with Gasteiger partial charge in [0, 0.05) is 11.6 Å². The lowest BCUT2D eigenvalue weighted by molar-refractivity contribution is -0.385. The molecule has 0 spiro atoms. The lowest BCUT2D eigenvalue weighted by Crippen LogP contribution is -2.22. The first-order valence-corrected chi connectivity index (χ1v) is 7.48. The molecule has 0 saturated carbocycles. The second-order valence-electron chi connectivity index (χ2n) is 4.81. The molecule has 1 N–H and O–H groups in total. The summed E-state index contributed by atoms with van der Waals surface area (Å²) >= 11 is 4.95. The van der Waals surface area contributed by atoms with Gasteiger partial charge in [0.1, 0.15) is 5.69 Å². The fraction of sp³-hybridized carbons (Fsp3) is 0.286. The number of H-pyrrole nitrogens is 1. The summed E-state index contributed by atoms with van der Waals surface area (Å²) in [6.45, 7) is 3.81. The Kier molecular flexibility index (Phi) is 5.53. The standard InChI is InChI=1S/C14H15N5O4S/c1-3-6-23-12-5-4-10(7-11(12)19(21)22)8-15-18-13(20)9(2)16-17-14(18)24/h4-5,7-8H,3,6H2,1-2H3,(H,17,24)/b15-8-. The van der Waals surface area contributed by atoms with Crippen molar-refractivity contribution in [3.05, 3.63) is 54.7 Å². The molecule has 126 valence electrons. The van der Waals surface area contributed by atoms with Crippen LogP contribution in [-0.2, 0) is 0 Å². The molecule has 1 aromatic heterocycles. The molecule has 0 aliphatic rings. The van der Waals surface area contributed by atoms with E-state index in [0.29, 0.717) is 12.2 Å². The Balaban J connectivity index is 2.39. The number of nitrogens with one attached hydrogen (secondary N) is 1. The first kappa shape index (κ1) is 17.5. The van der Waals surface area contributed by atoms with Gasteiger partial charge in [-0.3, -0.25) is 20.0 Å². The summed E-state index contributed by atoms with van der Waals surface area (Å²) in [6, 6.07) is 4.42. The molecule has 10 heteroatoms. The van der Waals surface area contributed by atoms with E-state index < -0.39 is 10.5 Å². The van der Waals surface area contributed by atoms with Crippen LogP contribution < -0.4 is 10.3 Å². The van der Waals surface area contributed by atoms with E-state index >= 15 is 0 Å². The molecule has 2 aromatic rings. The van der Waals surface area contributed by atoms with Crippen molar-refractivity contribution < 1.29 is 9.66 Å².